The van der Waals surface area contributed by atoms with E-state index < -0.39 is 0 Å². The largest absolute Gasteiger partial charge is 0.508 e. The van der Waals surface area contributed by atoms with Crippen LogP contribution >= 0.6 is 93.1 Å². The van der Waals surface area contributed by atoms with Crippen LogP contribution in [0.2, 0.25) is 0 Å². The quantitative estimate of drug-likeness (QED) is 0.174. The van der Waals surface area contributed by atoms with E-state index in [1.165, 1.54) is 43.8 Å². The number of rotatable bonds is 2. The molecule has 7 rings (SSSR count). The minimum absolute atomic E-state index is 0.250. The number of benzene rings is 3. The standard InChI is InChI=1S/C26H12BBr3O2S4/c27-15-5-9(31)1-3-11(15)21-19(29)25-23(35-21)13-7-18-14(8-17(13)33-25)24-26(34-18)20(30)22(36-24)12-4-2-10(32)6-16(12)28/h1-8,31-32H,27H2. The summed E-state index contributed by atoms with van der Waals surface area (Å²) in [6, 6.07) is 15.7. The maximum atomic E-state index is 9.84. The van der Waals surface area contributed by atoms with Crippen LogP contribution < -0.4 is 5.46 Å². The predicted molar refractivity (Wildman–Crippen MR) is 173 cm³/mol. The van der Waals surface area contributed by atoms with Crippen molar-refractivity contribution in [3.05, 3.63) is 61.9 Å². The molecular formula is C26H12BBr3O2S4. The van der Waals surface area contributed by atoms with E-state index in [1.807, 2.05) is 60.1 Å². The minimum atomic E-state index is 0.250. The lowest BCUT2D eigenvalue weighted by atomic mass is 9.90. The summed E-state index contributed by atoms with van der Waals surface area (Å²) in [4.78, 5) is 2.36. The molecule has 0 saturated heterocycles. The molecule has 0 bridgehead atoms. The topological polar surface area (TPSA) is 40.5 Å². The molecule has 7 aromatic rings. The highest BCUT2D eigenvalue weighted by molar-refractivity contribution is 9.11. The van der Waals surface area contributed by atoms with Crippen molar-refractivity contribution in [1.82, 2.24) is 0 Å². The average Bonchev–Trinajstić information content (AvgIpc) is 3.54. The molecule has 0 aliphatic carbocycles. The van der Waals surface area contributed by atoms with E-state index in [9.17, 15) is 10.2 Å². The molecule has 0 aliphatic heterocycles. The van der Waals surface area contributed by atoms with Crippen LogP contribution in [-0.4, -0.2) is 18.1 Å². The summed E-state index contributed by atoms with van der Waals surface area (Å²) in [6.45, 7) is 0. The molecule has 0 amide bonds. The van der Waals surface area contributed by atoms with Crippen LogP contribution in [0.15, 0.2) is 61.9 Å². The van der Waals surface area contributed by atoms with E-state index in [0.717, 1.165) is 34.9 Å². The normalized spacial score (nSPS) is 12.1. The maximum Gasteiger partial charge on any atom is 0.140 e. The third-order valence-corrected chi connectivity index (χ3v) is 14.7. The Kier molecular flexibility index (Phi) is 5.64. The van der Waals surface area contributed by atoms with Gasteiger partial charge in [0.25, 0.3) is 0 Å². The minimum Gasteiger partial charge on any atom is -0.508 e. The Morgan fingerprint density at radius 2 is 1.08 bits per heavy atom. The van der Waals surface area contributed by atoms with E-state index in [4.69, 9.17) is 0 Å². The summed E-state index contributed by atoms with van der Waals surface area (Å²) in [5, 5.41) is 22.2. The number of hydrogen-bond donors (Lipinski definition) is 2. The van der Waals surface area contributed by atoms with Crippen LogP contribution in [0.25, 0.3) is 59.9 Å². The fourth-order valence-electron chi connectivity index (χ4n) is 4.57. The summed E-state index contributed by atoms with van der Waals surface area (Å²) in [5.41, 5.74) is 3.28. The predicted octanol–water partition coefficient (Wildman–Crippen LogP) is 9.84. The van der Waals surface area contributed by atoms with E-state index in [-0.39, 0.29) is 5.75 Å². The zero-order valence-electron chi connectivity index (χ0n) is 18.3. The van der Waals surface area contributed by atoms with Crippen LogP contribution in [0, 0.1) is 0 Å². The van der Waals surface area contributed by atoms with Crippen molar-refractivity contribution >= 4 is 145 Å². The molecule has 4 aromatic heterocycles. The molecule has 36 heavy (non-hydrogen) atoms. The molecule has 0 radical (unpaired) electrons. The van der Waals surface area contributed by atoms with Gasteiger partial charge in [-0.2, -0.15) is 0 Å². The van der Waals surface area contributed by atoms with Gasteiger partial charge in [0, 0.05) is 30.2 Å². The van der Waals surface area contributed by atoms with Crippen LogP contribution in [0.5, 0.6) is 11.5 Å². The molecule has 0 aliphatic rings. The fourth-order valence-corrected chi connectivity index (χ4v) is 12.6. The third-order valence-electron chi connectivity index (χ3n) is 6.27. The van der Waals surface area contributed by atoms with Gasteiger partial charge in [-0.05, 0) is 95.8 Å². The lowest BCUT2D eigenvalue weighted by molar-refractivity contribution is 0.475. The van der Waals surface area contributed by atoms with Gasteiger partial charge in [-0.1, -0.05) is 11.5 Å². The highest BCUT2D eigenvalue weighted by Crippen LogP contribution is 2.54. The second-order valence-corrected chi connectivity index (χ2v) is 15.1. The van der Waals surface area contributed by atoms with E-state index in [1.54, 1.807) is 29.5 Å². The summed E-state index contributed by atoms with van der Waals surface area (Å²) >= 11 is 18.6. The summed E-state index contributed by atoms with van der Waals surface area (Å²) < 4.78 is 10.8. The highest BCUT2D eigenvalue weighted by Gasteiger charge is 2.22. The summed E-state index contributed by atoms with van der Waals surface area (Å²) in [5.74, 6) is 0.545. The molecule has 176 valence electrons. The second kappa shape index (κ2) is 8.56. The van der Waals surface area contributed by atoms with Gasteiger partial charge in [0.15, 0.2) is 0 Å². The first-order chi connectivity index (χ1) is 17.3. The van der Waals surface area contributed by atoms with E-state index in [2.05, 4.69) is 59.9 Å². The van der Waals surface area contributed by atoms with Crippen molar-refractivity contribution in [3.63, 3.8) is 0 Å². The van der Waals surface area contributed by atoms with Gasteiger partial charge >= 0.3 is 0 Å². The Balaban J connectivity index is 1.43. The molecule has 0 saturated carbocycles. The van der Waals surface area contributed by atoms with Gasteiger partial charge in [-0.15, -0.1) is 45.3 Å². The van der Waals surface area contributed by atoms with Gasteiger partial charge in [0.05, 0.1) is 37.5 Å². The van der Waals surface area contributed by atoms with Gasteiger partial charge in [-0.25, -0.2) is 0 Å². The molecule has 4 heterocycles. The van der Waals surface area contributed by atoms with Gasteiger partial charge in [0.2, 0.25) is 0 Å². The average molecular weight is 735 g/mol. The Morgan fingerprint density at radius 1 is 0.583 bits per heavy atom. The monoisotopic (exact) mass is 732 g/mol. The molecule has 2 nitrogen and oxygen atoms in total. The number of thiophene rings is 4. The lowest BCUT2D eigenvalue weighted by Gasteiger charge is -2.05. The van der Waals surface area contributed by atoms with Crippen molar-refractivity contribution in [2.24, 2.45) is 0 Å². The zero-order chi connectivity index (χ0) is 24.9. The summed E-state index contributed by atoms with van der Waals surface area (Å²) in [6.07, 6.45) is 0. The second-order valence-electron chi connectivity index (χ2n) is 8.52. The Bertz CT molecular complexity index is 1890. The Labute approximate surface area is 247 Å². The van der Waals surface area contributed by atoms with Crippen LogP contribution in [-0.2, 0) is 0 Å². The SMILES string of the molecule is Bc1cc(O)ccc1-c1sc2c(sc3cc4c(cc32)sc2c(Br)c(-c3ccc(O)cc3Br)sc24)c1Br. The first kappa shape index (κ1) is 23.7. The lowest BCUT2D eigenvalue weighted by Crippen LogP contribution is -2.04. The maximum absolute atomic E-state index is 9.84. The first-order valence-electron chi connectivity index (χ1n) is 10.8. The first-order valence-corrected chi connectivity index (χ1v) is 16.4. The van der Waals surface area contributed by atoms with Crippen LogP contribution in [0.1, 0.15) is 0 Å². The highest BCUT2D eigenvalue weighted by atomic mass is 79.9. The molecule has 0 atom stereocenters. The molecular weight excluding hydrogens is 723 g/mol. The molecule has 0 spiro atoms. The molecule has 3 aromatic carbocycles. The molecule has 0 unspecified atom stereocenters. The number of fused-ring (bicyclic) bond motifs is 6. The molecule has 2 N–H and O–H groups in total. The van der Waals surface area contributed by atoms with Crippen molar-refractivity contribution in [2.45, 2.75) is 0 Å². The van der Waals surface area contributed by atoms with Gasteiger partial charge < -0.3 is 10.2 Å². The Morgan fingerprint density at radius 3 is 1.61 bits per heavy atom. The van der Waals surface area contributed by atoms with E-state index >= 15 is 0 Å². The van der Waals surface area contributed by atoms with Crippen molar-refractivity contribution in [3.8, 4) is 32.4 Å². The number of halogens is 3. The van der Waals surface area contributed by atoms with Gasteiger partial charge in [0.1, 0.15) is 19.3 Å². The smallest absolute Gasteiger partial charge is 0.140 e. The van der Waals surface area contributed by atoms with Crippen molar-refractivity contribution in [2.75, 3.05) is 0 Å². The molecule has 10 heteroatoms. The van der Waals surface area contributed by atoms with Crippen LogP contribution in [0.4, 0.5) is 0 Å². The van der Waals surface area contributed by atoms with Gasteiger partial charge in [-0.3, -0.25) is 0 Å². The Hall–Kier alpha value is -1.40. The number of phenols is 2. The number of hydrogen-bond acceptors (Lipinski definition) is 6. The van der Waals surface area contributed by atoms with Crippen molar-refractivity contribution < 1.29 is 10.2 Å². The van der Waals surface area contributed by atoms with Crippen LogP contribution in [0.3, 0.4) is 0 Å². The molecule has 0 fully saturated rings. The number of aromatic hydroxyl groups is 2. The van der Waals surface area contributed by atoms with E-state index in [0.29, 0.717) is 5.75 Å². The third kappa shape index (κ3) is 3.49. The zero-order valence-corrected chi connectivity index (χ0v) is 26.3. The summed E-state index contributed by atoms with van der Waals surface area (Å²) in [7, 11) is 2.04. The fraction of sp³-hybridized carbons (Fsp3) is 0. The number of phenolic OH excluding ortho intramolecular Hbond substituents is 2. The van der Waals surface area contributed by atoms with Crippen molar-refractivity contribution in [1.29, 1.82) is 0 Å².